The lowest BCUT2D eigenvalue weighted by atomic mass is 10.5. The van der Waals surface area contributed by atoms with E-state index >= 15 is 0 Å². The summed E-state index contributed by atoms with van der Waals surface area (Å²) in [4.78, 5) is 24.5. The van der Waals surface area contributed by atoms with Crippen LogP contribution in [0.15, 0.2) is 23.7 Å². The van der Waals surface area contributed by atoms with Crippen molar-refractivity contribution in [1.82, 2.24) is 4.98 Å². The average molecular weight is 182 g/mol. The van der Waals surface area contributed by atoms with E-state index in [-0.39, 0.29) is 5.91 Å². The van der Waals surface area contributed by atoms with E-state index in [0.29, 0.717) is 11.4 Å². The van der Waals surface area contributed by atoms with Crippen molar-refractivity contribution in [1.29, 1.82) is 0 Å². The third-order valence-corrected chi connectivity index (χ3v) is 1.68. The molecule has 0 saturated heterocycles. The Morgan fingerprint density at radius 3 is 3.08 bits per heavy atom. The molecule has 0 atom stereocenters. The fourth-order valence-corrected chi connectivity index (χ4v) is 1.09. The Bertz CT molecular complexity index is 292. The number of anilines is 1. The molecule has 1 aromatic rings. The van der Waals surface area contributed by atoms with E-state index in [9.17, 15) is 9.59 Å². The maximum atomic E-state index is 10.9. The third-order valence-electron chi connectivity index (χ3n) is 0.989. The lowest BCUT2D eigenvalue weighted by molar-refractivity contribution is -0.112. The first-order chi connectivity index (χ1) is 5.83. The maximum Gasteiger partial charge on any atom is 0.250 e. The molecule has 1 rings (SSSR count). The van der Waals surface area contributed by atoms with Crippen molar-refractivity contribution in [2.24, 2.45) is 0 Å². The van der Waals surface area contributed by atoms with Gasteiger partial charge in [-0.3, -0.25) is 14.9 Å². The van der Waals surface area contributed by atoms with Crippen molar-refractivity contribution < 1.29 is 9.59 Å². The number of rotatable bonds is 3. The highest BCUT2D eigenvalue weighted by Gasteiger charge is 1.97. The number of nitrogens with zero attached hydrogens (tertiary/aromatic N) is 1. The number of carbonyl (C=O) groups is 2. The standard InChI is InChI=1S/C7H6N2O2S/c10-4-1-2-6(11)9-7-8-3-5-12-7/h1-5H,(H,8,9,11)/b2-1+. The molecule has 5 heteroatoms. The van der Waals surface area contributed by atoms with Crippen LogP contribution in [0.2, 0.25) is 0 Å². The summed E-state index contributed by atoms with van der Waals surface area (Å²) in [6.45, 7) is 0. The molecule has 0 aliphatic heterocycles. The summed E-state index contributed by atoms with van der Waals surface area (Å²) in [5.41, 5.74) is 0. The van der Waals surface area contributed by atoms with Gasteiger partial charge in [-0.2, -0.15) is 0 Å². The summed E-state index contributed by atoms with van der Waals surface area (Å²) in [6, 6.07) is 0. The van der Waals surface area contributed by atoms with Crippen molar-refractivity contribution in [3.05, 3.63) is 23.7 Å². The van der Waals surface area contributed by atoms with Crippen LogP contribution in [-0.2, 0) is 9.59 Å². The molecule has 0 aromatic carbocycles. The predicted molar refractivity (Wildman–Crippen MR) is 45.9 cm³/mol. The normalized spacial score (nSPS) is 10.0. The summed E-state index contributed by atoms with van der Waals surface area (Å²) in [5.74, 6) is -0.350. The number of thiazole rings is 1. The topological polar surface area (TPSA) is 59.1 Å². The number of amides is 1. The molecule has 0 fully saturated rings. The molecule has 1 N–H and O–H groups in total. The largest absolute Gasteiger partial charge is 0.299 e. The smallest absolute Gasteiger partial charge is 0.250 e. The van der Waals surface area contributed by atoms with Gasteiger partial charge in [-0.25, -0.2) is 4.98 Å². The molecule has 1 aromatic heterocycles. The Kier molecular flexibility index (Phi) is 3.16. The number of aldehydes is 1. The second kappa shape index (κ2) is 4.40. The van der Waals surface area contributed by atoms with Crippen LogP contribution >= 0.6 is 11.3 Å². The Morgan fingerprint density at radius 1 is 1.67 bits per heavy atom. The van der Waals surface area contributed by atoms with Gasteiger partial charge in [-0.15, -0.1) is 11.3 Å². The molecule has 62 valence electrons. The minimum atomic E-state index is -0.350. The van der Waals surface area contributed by atoms with Gasteiger partial charge in [-0.05, 0) is 6.08 Å². The average Bonchev–Trinajstić information content (AvgIpc) is 2.53. The molecule has 0 spiro atoms. The van der Waals surface area contributed by atoms with Gasteiger partial charge in [0.2, 0.25) is 5.91 Å². The number of aromatic nitrogens is 1. The van der Waals surface area contributed by atoms with Gasteiger partial charge in [0.15, 0.2) is 5.13 Å². The second-order valence-electron chi connectivity index (χ2n) is 1.82. The molecule has 0 radical (unpaired) electrons. The van der Waals surface area contributed by atoms with E-state index in [0.717, 1.165) is 12.2 Å². The molecule has 0 aliphatic carbocycles. The monoisotopic (exact) mass is 182 g/mol. The van der Waals surface area contributed by atoms with Crippen molar-refractivity contribution in [3.8, 4) is 0 Å². The van der Waals surface area contributed by atoms with Crippen LogP contribution < -0.4 is 5.32 Å². The zero-order chi connectivity index (χ0) is 8.81. The van der Waals surface area contributed by atoms with Crippen molar-refractivity contribution in [2.75, 3.05) is 5.32 Å². The third kappa shape index (κ3) is 2.63. The maximum absolute atomic E-state index is 10.9. The highest BCUT2D eigenvalue weighted by Crippen LogP contribution is 2.09. The van der Waals surface area contributed by atoms with Gasteiger partial charge < -0.3 is 0 Å². The van der Waals surface area contributed by atoms with Gasteiger partial charge in [0.05, 0.1) is 0 Å². The predicted octanol–water partition coefficient (Wildman–Crippen LogP) is 0.837. The SMILES string of the molecule is O=C/C=C/C(=O)Nc1nccs1. The van der Waals surface area contributed by atoms with Crippen LogP contribution in [0.3, 0.4) is 0 Å². The Morgan fingerprint density at radius 2 is 2.50 bits per heavy atom. The summed E-state index contributed by atoms with van der Waals surface area (Å²) >= 11 is 1.32. The van der Waals surface area contributed by atoms with E-state index in [1.54, 1.807) is 11.6 Å². The van der Waals surface area contributed by atoms with Gasteiger partial charge in [0, 0.05) is 17.7 Å². The second-order valence-corrected chi connectivity index (χ2v) is 2.72. The minimum Gasteiger partial charge on any atom is -0.299 e. The lowest BCUT2D eigenvalue weighted by Gasteiger charge is -1.92. The first-order valence-corrected chi connectivity index (χ1v) is 4.03. The first kappa shape index (κ1) is 8.61. The van der Waals surface area contributed by atoms with Crippen molar-refractivity contribution in [2.45, 2.75) is 0 Å². The Hall–Kier alpha value is -1.49. The molecule has 0 unspecified atom stereocenters. The minimum absolute atomic E-state index is 0.350. The van der Waals surface area contributed by atoms with Crippen LogP contribution in [0.4, 0.5) is 5.13 Å². The van der Waals surface area contributed by atoms with Crippen LogP contribution in [0.5, 0.6) is 0 Å². The number of allylic oxidation sites excluding steroid dienone is 1. The molecular formula is C7H6N2O2S. The van der Waals surface area contributed by atoms with Gasteiger partial charge in [0.1, 0.15) is 6.29 Å². The summed E-state index contributed by atoms with van der Waals surface area (Å²) in [6.07, 6.45) is 4.41. The van der Waals surface area contributed by atoms with Crippen LogP contribution in [0.1, 0.15) is 0 Å². The fraction of sp³-hybridized carbons (Fsp3) is 0. The van der Waals surface area contributed by atoms with Crippen molar-refractivity contribution >= 4 is 28.7 Å². The zero-order valence-corrected chi connectivity index (χ0v) is 6.88. The van der Waals surface area contributed by atoms with E-state index in [2.05, 4.69) is 10.3 Å². The summed E-state index contributed by atoms with van der Waals surface area (Å²) < 4.78 is 0. The number of carbonyl (C=O) groups excluding carboxylic acids is 2. The molecule has 0 saturated carbocycles. The molecule has 1 amide bonds. The highest BCUT2D eigenvalue weighted by molar-refractivity contribution is 7.13. The molecular weight excluding hydrogens is 176 g/mol. The fourth-order valence-electron chi connectivity index (χ4n) is 0.559. The Labute approximate surface area is 72.9 Å². The molecule has 1 heterocycles. The van der Waals surface area contributed by atoms with E-state index in [1.165, 1.54) is 11.3 Å². The molecule has 12 heavy (non-hydrogen) atoms. The van der Waals surface area contributed by atoms with Crippen LogP contribution in [0.25, 0.3) is 0 Å². The first-order valence-electron chi connectivity index (χ1n) is 3.15. The quantitative estimate of drug-likeness (QED) is 0.556. The van der Waals surface area contributed by atoms with Crippen molar-refractivity contribution in [3.63, 3.8) is 0 Å². The van der Waals surface area contributed by atoms with E-state index in [4.69, 9.17) is 0 Å². The number of hydrogen-bond donors (Lipinski definition) is 1. The number of hydrogen-bond acceptors (Lipinski definition) is 4. The Balaban J connectivity index is 2.47. The van der Waals surface area contributed by atoms with Gasteiger partial charge in [-0.1, -0.05) is 0 Å². The summed E-state index contributed by atoms with van der Waals surface area (Å²) in [5, 5.41) is 4.75. The molecule has 0 bridgehead atoms. The number of nitrogens with one attached hydrogen (secondary N) is 1. The van der Waals surface area contributed by atoms with Crippen LogP contribution in [0, 0.1) is 0 Å². The van der Waals surface area contributed by atoms with E-state index in [1.807, 2.05) is 0 Å². The van der Waals surface area contributed by atoms with Gasteiger partial charge >= 0.3 is 0 Å². The van der Waals surface area contributed by atoms with E-state index < -0.39 is 0 Å². The molecule has 0 aliphatic rings. The van der Waals surface area contributed by atoms with Gasteiger partial charge in [0.25, 0.3) is 0 Å². The highest BCUT2D eigenvalue weighted by atomic mass is 32.1. The zero-order valence-electron chi connectivity index (χ0n) is 6.06. The lowest BCUT2D eigenvalue weighted by Crippen LogP contribution is -2.07. The van der Waals surface area contributed by atoms with Crippen LogP contribution in [-0.4, -0.2) is 17.2 Å². The summed E-state index contributed by atoms with van der Waals surface area (Å²) in [7, 11) is 0. The molecule has 4 nitrogen and oxygen atoms in total.